The van der Waals surface area contributed by atoms with Crippen LogP contribution >= 0.6 is 0 Å². The highest BCUT2D eigenvalue weighted by Crippen LogP contribution is 2.28. The zero-order valence-corrected chi connectivity index (χ0v) is 6.74. The van der Waals surface area contributed by atoms with Crippen LogP contribution in [-0.2, 0) is 0 Å². The van der Waals surface area contributed by atoms with E-state index < -0.39 is 0 Å². The molecule has 0 radical (unpaired) electrons. The average Bonchev–Trinajstić information content (AvgIpc) is 2.08. The number of hydrogen-bond acceptors (Lipinski definition) is 3. The molecule has 0 fully saturated rings. The third-order valence-electron chi connectivity index (χ3n) is 1.49. The molecule has 0 amide bonds. The number of hydrogen-bond donors (Lipinski definition) is 1. The fourth-order valence-electron chi connectivity index (χ4n) is 0.859. The quantitative estimate of drug-likeness (QED) is 0.720. The van der Waals surface area contributed by atoms with Gasteiger partial charge in [0.05, 0.1) is 0 Å². The van der Waals surface area contributed by atoms with E-state index >= 15 is 0 Å². The molecule has 62 valence electrons. The first-order chi connectivity index (χ1) is 5.75. The molecule has 0 aliphatic heterocycles. The summed E-state index contributed by atoms with van der Waals surface area (Å²) in [4.78, 5) is 0. The molecular weight excluding hydrogens is 154 g/mol. The monoisotopic (exact) mass is 163 g/mol. The van der Waals surface area contributed by atoms with Crippen molar-refractivity contribution in [2.24, 2.45) is 0 Å². The normalized spacial score (nSPS) is 9.00. The van der Waals surface area contributed by atoms with E-state index in [1.165, 1.54) is 0 Å². The Bertz CT molecular complexity index is 315. The zero-order chi connectivity index (χ0) is 8.97. The van der Waals surface area contributed by atoms with Crippen molar-refractivity contribution in [3.8, 4) is 17.6 Å². The number of benzene rings is 1. The Labute approximate surface area is 70.8 Å². The van der Waals surface area contributed by atoms with Gasteiger partial charge in [0.2, 0.25) is 0 Å². The number of phenolic OH excluding ortho intramolecular Hbond substituents is 1. The average molecular weight is 163 g/mol. The summed E-state index contributed by atoms with van der Waals surface area (Å²) in [7, 11) is 0. The molecule has 1 rings (SSSR count). The van der Waals surface area contributed by atoms with Gasteiger partial charge in [-0.15, -0.1) is 0 Å². The lowest BCUT2D eigenvalue weighted by atomic mass is 10.2. The van der Waals surface area contributed by atoms with Crippen LogP contribution in [0, 0.1) is 18.3 Å². The standard InChI is InChI=1S/C9H9NO2/c1-7-3-2-4-8(9(7)11)12-6-5-10/h2-4,11H,6H2,1H3. The minimum Gasteiger partial charge on any atom is -0.504 e. The van der Waals surface area contributed by atoms with Crippen LogP contribution in [0.3, 0.4) is 0 Å². The van der Waals surface area contributed by atoms with Crippen LogP contribution in [-0.4, -0.2) is 11.7 Å². The van der Waals surface area contributed by atoms with Crippen LogP contribution in [0.15, 0.2) is 18.2 Å². The lowest BCUT2D eigenvalue weighted by Gasteiger charge is -2.05. The van der Waals surface area contributed by atoms with Crippen molar-refractivity contribution < 1.29 is 9.84 Å². The molecule has 0 heterocycles. The van der Waals surface area contributed by atoms with Crippen LogP contribution in [0.4, 0.5) is 0 Å². The predicted octanol–water partition coefficient (Wildman–Crippen LogP) is 1.60. The smallest absolute Gasteiger partial charge is 0.174 e. The maximum absolute atomic E-state index is 9.39. The van der Waals surface area contributed by atoms with Gasteiger partial charge in [-0.05, 0) is 18.6 Å². The second-order valence-corrected chi connectivity index (χ2v) is 2.37. The van der Waals surface area contributed by atoms with Gasteiger partial charge in [-0.25, -0.2) is 0 Å². The molecule has 1 aromatic rings. The SMILES string of the molecule is Cc1cccc(OCC#N)c1O. The van der Waals surface area contributed by atoms with Crippen molar-refractivity contribution >= 4 is 0 Å². The topological polar surface area (TPSA) is 53.2 Å². The van der Waals surface area contributed by atoms with Gasteiger partial charge in [0.25, 0.3) is 0 Å². The molecule has 0 aliphatic carbocycles. The molecule has 12 heavy (non-hydrogen) atoms. The first-order valence-electron chi connectivity index (χ1n) is 3.54. The largest absolute Gasteiger partial charge is 0.504 e. The first-order valence-corrected chi connectivity index (χ1v) is 3.54. The van der Waals surface area contributed by atoms with Crippen LogP contribution in [0.2, 0.25) is 0 Å². The van der Waals surface area contributed by atoms with Crippen LogP contribution in [0.25, 0.3) is 0 Å². The number of aryl methyl sites for hydroxylation is 1. The van der Waals surface area contributed by atoms with E-state index in [-0.39, 0.29) is 12.4 Å². The second-order valence-electron chi connectivity index (χ2n) is 2.37. The maximum Gasteiger partial charge on any atom is 0.174 e. The van der Waals surface area contributed by atoms with Gasteiger partial charge in [0.15, 0.2) is 18.1 Å². The molecular formula is C9H9NO2. The van der Waals surface area contributed by atoms with Crippen LogP contribution < -0.4 is 4.74 Å². The van der Waals surface area contributed by atoms with Gasteiger partial charge in [-0.3, -0.25) is 0 Å². The van der Waals surface area contributed by atoms with Gasteiger partial charge in [-0.1, -0.05) is 12.1 Å². The zero-order valence-electron chi connectivity index (χ0n) is 6.74. The van der Waals surface area contributed by atoms with Gasteiger partial charge in [0.1, 0.15) is 6.07 Å². The van der Waals surface area contributed by atoms with Crippen molar-refractivity contribution in [2.45, 2.75) is 6.92 Å². The van der Waals surface area contributed by atoms with Crippen molar-refractivity contribution in [2.75, 3.05) is 6.61 Å². The fourth-order valence-corrected chi connectivity index (χ4v) is 0.859. The first kappa shape index (κ1) is 8.41. The molecule has 0 spiro atoms. The van der Waals surface area contributed by atoms with E-state index in [1.807, 2.05) is 6.07 Å². The Balaban J connectivity index is 2.86. The Morgan fingerprint density at radius 3 is 3.00 bits per heavy atom. The van der Waals surface area contributed by atoms with E-state index in [0.29, 0.717) is 5.75 Å². The van der Waals surface area contributed by atoms with E-state index in [9.17, 15) is 5.11 Å². The third-order valence-corrected chi connectivity index (χ3v) is 1.49. The highest BCUT2D eigenvalue weighted by atomic mass is 16.5. The Morgan fingerprint density at radius 2 is 2.33 bits per heavy atom. The lowest BCUT2D eigenvalue weighted by molar-refractivity contribution is 0.339. The Hall–Kier alpha value is -1.69. The van der Waals surface area contributed by atoms with Crippen molar-refractivity contribution in [1.29, 1.82) is 5.26 Å². The number of nitriles is 1. The van der Waals surface area contributed by atoms with E-state index in [0.717, 1.165) is 5.56 Å². The van der Waals surface area contributed by atoms with Gasteiger partial charge in [0, 0.05) is 0 Å². The van der Waals surface area contributed by atoms with E-state index in [2.05, 4.69) is 0 Å². The van der Waals surface area contributed by atoms with Crippen molar-refractivity contribution in [3.05, 3.63) is 23.8 Å². The molecule has 0 aliphatic rings. The lowest BCUT2D eigenvalue weighted by Crippen LogP contribution is -1.93. The van der Waals surface area contributed by atoms with Crippen LogP contribution in [0.5, 0.6) is 11.5 Å². The Morgan fingerprint density at radius 1 is 1.58 bits per heavy atom. The number of para-hydroxylation sites is 1. The molecule has 1 N–H and O–H groups in total. The number of rotatable bonds is 2. The third kappa shape index (κ3) is 1.67. The predicted molar refractivity (Wildman–Crippen MR) is 44.0 cm³/mol. The highest BCUT2D eigenvalue weighted by molar-refractivity contribution is 5.44. The molecule has 0 unspecified atom stereocenters. The fraction of sp³-hybridized carbons (Fsp3) is 0.222. The molecule has 3 heteroatoms. The number of ether oxygens (including phenoxy) is 1. The number of nitrogens with zero attached hydrogens (tertiary/aromatic N) is 1. The number of phenols is 1. The minimum absolute atomic E-state index is 0.0446. The van der Waals surface area contributed by atoms with Gasteiger partial charge in [-0.2, -0.15) is 5.26 Å². The molecule has 0 saturated carbocycles. The van der Waals surface area contributed by atoms with Gasteiger partial charge < -0.3 is 9.84 Å². The molecule has 0 atom stereocenters. The Kier molecular flexibility index (Phi) is 2.54. The summed E-state index contributed by atoms with van der Waals surface area (Å²) in [5.41, 5.74) is 0.741. The summed E-state index contributed by atoms with van der Waals surface area (Å²) >= 11 is 0. The molecule has 0 bridgehead atoms. The maximum atomic E-state index is 9.39. The van der Waals surface area contributed by atoms with Gasteiger partial charge >= 0.3 is 0 Å². The highest BCUT2D eigenvalue weighted by Gasteiger charge is 2.02. The van der Waals surface area contributed by atoms with Crippen LogP contribution in [0.1, 0.15) is 5.56 Å². The van der Waals surface area contributed by atoms with E-state index in [4.69, 9.17) is 10.00 Å². The summed E-state index contributed by atoms with van der Waals surface area (Å²) < 4.78 is 4.96. The molecule has 0 aromatic heterocycles. The molecule has 3 nitrogen and oxygen atoms in total. The molecule has 1 aromatic carbocycles. The summed E-state index contributed by atoms with van der Waals surface area (Å²) in [5, 5.41) is 17.6. The van der Waals surface area contributed by atoms with Crippen molar-refractivity contribution in [1.82, 2.24) is 0 Å². The van der Waals surface area contributed by atoms with E-state index in [1.54, 1.807) is 25.1 Å². The summed E-state index contributed by atoms with van der Waals surface area (Å²) in [6, 6.07) is 6.99. The number of aromatic hydroxyl groups is 1. The second kappa shape index (κ2) is 3.63. The summed E-state index contributed by atoms with van der Waals surface area (Å²) in [5.74, 6) is 0.462. The summed E-state index contributed by atoms with van der Waals surface area (Å²) in [6.45, 7) is 1.73. The summed E-state index contributed by atoms with van der Waals surface area (Å²) in [6.07, 6.45) is 0. The molecule has 0 saturated heterocycles. The van der Waals surface area contributed by atoms with Crippen molar-refractivity contribution in [3.63, 3.8) is 0 Å². The minimum atomic E-state index is -0.0446.